The zero-order valence-corrected chi connectivity index (χ0v) is 74.1. The molecule has 14 heteroatoms. The van der Waals surface area contributed by atoms with Crippen molar-refractivity contribution < 1.29 is 0 Å². The van der Waals surface area contributed by atoms with Crippen molar-refractivity contribution in [1.82, 2.24) is 67.3 Å². The molecule has 28 rings (SSSR count). The van der Waals surface area contributed by atoms with Gasteiger partial charge in [0.2, 0.25) is 0 Å². The molecule has 0 fully saturated rings. The second kappa shape index (κ2) is 31.4. The minimum atomic E-state index is 0.531. The monoisotopic (exact) mass is 1760 g/mol. The molecule has 0 aliphatic rings. The summed E-state index contributed by atoms with van der Waals surface area (Å²) in [5, 5.41) is 13.5. The number of fused-ring (bicyclic) bond motifs is 18. The van der Waals surface area contributed by atoms with E-state index in [0.29, 0.717) is 34.9 Å². The van der Waals surface area contributed by atoms with E-state index in [9.17, 15) is 0 Å². The van der Waals surface area contributed by atoms with Crippen LogP contribution in [0.2, 0.25) is 0 Å². The molecule has 0 aliphatic carbocycles. The highest BCUT2D eigenvalue weighted by molar-refractivity contribution is 6.17. The molecule has 0 aliphatic heterocycles. The maximum atomic E-state index is 6.20. The number of rotatable bonds is 15. The summed E-state index contributed by atoms with van der Waals surface area (Å²) in [5.74, 6) is 5.66. The molecule has 0 bridgehead atoms. The van der Waals surface area contributed by atoms with Crippen molar-refractivity contribution in [2.45, 2.75) is 0 Å². The summed E-state index contributed by atoms with van der Waals surface area (Å²) >= 11 is 0. The van der Waals surface area contributed by atoms with Gasteiger partial charge in [-0.15, -0.1) is 0 Å². The molecule has 0 atom stereocenters. The van der Waals surface area contributed by atoms with Crippen LogP contribution in [0.1, 0.15) is 0 Å². The minimum Gasteiger partial charge on any atom is -0.307 e. The van der Waals surface area contributed by atoms with E-state index < -0.39 is 0 Å². The molecule has 0 spiro atoms. The van der Waals surface area contributed by atoms with Crippen LogP contribution in [0, 0.1) is 0 Å². The van der Waals surface area contributed by atoms with E-state index in [1.807, 2.05) is 78.9 Å². The van der Waals surface area contributed by atoms with Crippen molar-refractivity contribution >= 4 is 131 Å². The zero-order valence-electron chi connectivity index (χ0n) is 74.1. The van der Waals surface area contributed by atoms with Crippen LogP contribution in [0.5, 0.6) is 0 Å². The van der Waals surface area contributed by atoms with Gasteiger partial charge in [-0.25, -0.2) is 39.9 Å². The Labute approximate surface area is 790 Å². The van der Waals surface area contributed by atoms with Gasteiger partial charge in [-0.3, -0.25) is 13.7 Å². The topological polar surface area (TPSA) is 133 Å². The number of para-hydroxylation sites is 11. The summed E-state index contributed by atoms with van der Waals surface area (Å²) in [4.78, 5) is 43.9. The lowest BCUT2D eigenvalue weighted by Crippen LogP contribution is -2.11. The lowest BCUT2D eigenvalue weighted by Gasteiger charge is -2.23. The predicted octanol–water partition coefficient (Wildman–Crippen LogP) is 30.4. The quantitative estimate of drug-likeness (QED) is 0.0991. The molecule has 642 valence electrons. The van der Waals surface area contributed by atoms with E-state index >= 15 is 0 Å². The normalized spacial score (nSPS) is 11.9. The number of nitrogens with zero attached hydrogens (tertiary/aromatic N) is 14. The Hall–Kier alpha value is -18.9. The average molecular weight is 1760 g/mol. The summed E-state index contributed by atoms with van der Waals surface area (Å²) in [7, 11) is 0. The van der Waals surface area contributed by atoms with Crippen LogP contribution in [0.4, 0.5) is 0 Å². The van der Waals surface area contributed by atoms with Gasteiger partial charge in [0.15, 0.2) is 46.6 Å². The van der Waals surface area contributed by atoms with Crippen molar-refractivity contribution in [2.75, 3.05) is 0 Å². The van der Waals surface area contributed by atoms with Crippen LogP contribution in [-0.2, 0) is 0 Å². The SMILES string of the molecule is c1ccc(-c2nc(-c3ccccc3)nc(-c3ccc(-c4cc(-n5c6ccccc6c6cc(-c7cccc(-c8nc(-c9ccccc9)nc(-c9ccc(-c%10c(-n%11c%12ccccc%12c%12ccccc%12%11)cnc(-n%11c%12ccccc%12c%12ccccc%12%11)c%10-n%10c%11ccccc%11c%11ccccc%11%10)cc9)n8)c7)ccc65)nc(-n5c6ccccc6c6ccccc65)c4-n4c5ccccc5c5ccccc54)cc3)n2)cc1. The lowest BCUT2D eigenvalue weighted by atomic mass is 9.99. The Balaban J connectivity index is 0.615. The third-order valence-corrected chi connectivity index (χ3v) is 27.6. The van der Waals surface area contributed by atoms with Crippen molar-refractivity contribution in [3.63, 3.8) is 0 Å². The van der Waals surface area contributed by atoms with Gasteiger partial charge in [-0.1, -0.05) is 364 Å². The smallest absolute Gasteiger partial charge is 0.165 e. The predicted molar refractivity (Wildman–Crippen MR) is 564 cm³/mol. The van der Waals surface area contributed by atoms with Crippen LogP contribution in [0.15, 0.2) is 461 Å². The fourth-order valence-corrected chi connectivity index (χ4v) is 21.5. The maximum absolute atomic E-state index is 6.20. The minimum absolute atomic E-state index is 0.531. The molecule has 10 heterocycles. The summed E-state index contributed by atoms with van der Waals surface area (Å²) in [6.07, 6.45) is 2.10. The number of benzene rings is 18. The van der Waals surface area contributed by atoms with Gasteiger partial charge >= 0.3 is 0 Å². The van der Waals surface area contributed by atoms with Crippen LogP contribution < -0.4 is 0 Å². The first-order valence-corrected chi connectivity index (χ1v) is 46.5. The van der Waals surface area contributed by atoms with Gasteiger partial charge in [0.05, 0.1) is 89.5 Å². The molecular formula is C124H76N14. The lowest BCUT2D eigenvalue weighted by molar-refractivity contribution is 0.985. The standard InChI is InChI=1S/C124H76N14/c1-4-33-79(34-5-1)117-127-118(80-35-6-2-7-36-80)129-120(128-117)82-67-63-77(64-68-82)98-75-113(126-124(138-109-61-30-18-49-95(109)96-50-19-31-62-110(96)138)115(98)135-103-55-24-12-43-89(103)90-44-13-25-56-104(90)135)134-102-54-23-20-51-97(102)99-74-85(71-72-111(99)134)84-39-32-40-86(73-84)122-131-119(81-37-8-3-9-38-81)130-121(132-122)83-69-65-78(66-70-83)114-112(133-100-52-21-10-41-87(100)88-42-11-22-53-101(88)133)76-125-123(137-107-59-28-16-47-93(107)94-48-17-29-60-108(94)137)116(114)136-105-57-26-14-45-91(105)92-46-15-27-58-106(92)136/h1-76H. The van der Waals surface area contributed by atoms with Gasteiger partial charge in [0.25, 0.3) is 0 Å². The highest BCUT2D eigenvalue weighted by atomic mass is 15.2. The molecule has 0 unspecified atom stereocenters. The van der Waals surface area contributed by atoms with E-state index in [4.69, 9.17) is 39.9 Å². The molecule has 0 radical (unpaired) electrons. The van der Waals surface area contributed by atoms with Gasteiger partial charge < -0.3 is 13.7 Å². The van der Waals surface area contributed by atoms with E-state index in [1.165, 1.54) is 0 Å². The Morgan fingerprint density at radius 3 is 0.797 bits per heavy atom. The molecule has 0 saturated heterocycles. The maximum Gasteiger partial charge on any atom is 0.165 e. The summed E-state index contributed by atoms with van der Waals surface area (Å²) in [6.45, 7) is 0. The van der Waals surface area contributed by atoms with E-state index in [0.717, 1.165) is 232 Å². The number of hydrogen-bond acceptors (Lipinski definition) is 8. The second-order valence-electron chi connectivity index (χ2n) is 35.3. The number of pyridine rings is 2. The van der Waals surface area contributed by atoms with Gasteiger partial charge in [-0.05, 0) is 113 Å². The van der Waals surface area contributed by atoms with E-state index in [1.54, 1.807) is 0 Å². The number of hydrogen-bond donors (Lipinski definition) is 0. The third-order valence-electron chi connectivity index (χ3n) is 27.6. The third kappa shape index (κ3) is 12.3. The Morgan fingerprint density at radius 2 is 0.413 bits per heavy atom. The van der Waals surface area contributed by atoms with Crippen LogP contribution >= 0.6 is 0 Å². The Kier molecular flexibility index (Phi) is 17.7. The molecule has 0 saturated carbocycles. The molecule has 10 aromatic heterocycles. The Bertz CT molecular complexity index is 9530. The van der Waals surface area contributed by atoms with Gasteiger partial charge in [0.1, 0.15) is 5.82 Å². The van der Waals surface area contributed by atoms with E-state index in [-0.39, 0.29) is 0 Å². The first-order valence-electron chi connectivity index (χ1n) is 46.5. The Morgan fingerprint density at radius 1 is 0.152 bits per heavy atom. The van der Waals surface area contributed by atoms with Gasteiger partial charge in [0, 0.05) is 109 Å². The average Bonchev–Trinajstić information content (AvgIpc) is 1.56. The van der Waals surface area contributed by atoms with E-state index in [2.05, 4.69) is 410 Å². The van der Waals surface area contributed by atoms with Gasteiger partial charge in [-0.2, -0.15) is 0 Å². The molecule has 28 aromatic rings. The summed E-state index contributed by atoms with van der Waals surface area (Å²) in [5.41, 5.74) is 26.3. The van der Waals surface area contributed by atoms with Crippen LogP contribution in [-0.4, -0.2) is 67.3 Å². The van der Waals surface area contributed by atoms with Crippen molar-refractivity contribution in [2.24, 2.45) is 0 Å². The molecule has 0 N–H and O–H groups in total. The first-order chi connectivity index (χ1) is 68.5. The molecule has 0 amide bonds. The largest absolute Gasteiger partial charge is 0.307 e. The molecule has 14 nitrogen and oxygen atoms in total. The van der Waals surface area contributed by atoms with Crippen LogP contribution in [0.3, 0.4) is 0 Å². The molecule has 138 heavy (non-hydrogen) atoms. The molecular weight excluding hydrogens is 1690 g/mol. The fraction of sp³-hybridized carbons (Fsp3) is 0. The van der Waals surface area contributed by atoms with Crippen molar-refractivity contribution in [3.8, 4) is 136 Å². The first kappa shape index (κ1) is 77.8. The number of aromatic nitrogens is 14. The van der Waals surface area contributed by atoms with Crippen molar-refractivity contribution in [3.05, 3.63) is 461 Å². The highest BCUT2D eigenvalue weighted by Gasteiger charge is 2.32. The zero-order chi connectivity index (χ0) is 90.6. The molecule has 18 aromatic carbocycles. The highest BCUT2D eigenvalue weighted by Crippen LogP contribution is 2.50. The summed E-state index contributed by atoms with van der Waals surface area (Å²) in [6, 6.07) is 162. The van der Waals surface area contributed by atoms with Crippen LogP contribution in [0.25, 0.3) is 267 Å². The van der Waals surface area contributed by atoms with Crippen molar-refractivity contribution in [1.29, 1.82) is 0 Å². The second-order valence-corrected chi connectivity index (χ2v) is 35.3. The summed E-state index contributed by atoms with van der Waals surface area (Å²) < 4.78 is 14.4. The fourth-order valence-electron chi connectivity index (χ4n) is 21.5.